The molecule has 0 amide bonds. The van der Waals surface area contributed by atoms with Crippen LogP contribution in [0.25, 0.3) is 0 Å². The minimum atomic E-state index is 0.609. The summed E-state index contributed by atoms with van der Waals surface area (Å²) in [4.78, 5) is 0. The molecule has 2 N–H and O–H groups in total. The second-order valence-corrected chi connectivity index (χ2v) is 4.58. The molecular weight excluding hydrogens is 262 g/mol. The van der Waals surface area contributed by atoms with Gasteiger partial charge < -0.3 is 15.2 Å². The number of hydrogen-bond acceptors (Lipinski definition) is 3. The number of benzene rings is 2. The first kappa shape index (κ1) is 13.6. The van der Waals surface area contributed by atoms with Crippen molar-refractivity contribution < 1.29 is 9.47 Å². The van der Waals surface area contributed by atoms with Gasteiger partial charge in [-0.05, 0) is 30.7 Å². The average Bonchev–Trinajstić information content (AvgIpc) is 2.38. The summed E-state index contributed by atoms with van der Waals surface area (Å²) in [6.07, 6.45) is 0.947. The third-order valence-electron chi connectivity index (χ3n) is 2.42. The number of rotatable bonds is 5. The largest absolute Gasteiger partial charge is 0.493 e. The van der Waals surface area contributed by atoms with Crippen molar-refractivity contribution in [2.75, 3.05) is 12.3 Å². The molecule has 0 spiro atoms. The zero-order valence-electron chi connectivity index (χ0n) is 10.7. The Balaban J connectivity index is 2.15. The van der Waals surface area contributed by atoms with Crippen LogP contribution < -0.4 is 15.2 Å². The van der Waals surface area contributed by atoms with Crippen LogP contribution in [0, 0.1) is 0 Å². The van der Waals surface area contributed by atoms with Crippen molar-refractivity contribution in [3.05, 3.63) is 47.5 Å². The lowest BCUT2D eigenvalue weighted by Crippen LogP contribution is -1.97. The average molecular weight is 278 g/mol. The van der Waals surface area contributed by atoms with Crippen LogP contribution in [0.5, 0.6) is 17.2 Å². The van der Waals surface area contributed by atoms with Crippen molar-refractivity contribution in [1.29, 1.82) is 0 Å². The van der Waals surface area contributed by atoms with E-state index in [1.165, 1.54) is 0 Å². The maximum Gasteiger partial charge on any atom is 0.133 e. The van der Waals surface area contributed by atoms with Gasteiger partial charge in [0.15, 0.2) is 0 Å². The third kappa shape index (κ3) is 4.07. The molecule has 2 aromatic rings. The summed E-state index contributed by atoms with van der Waals surface area (Å²) in [5.74, 6) is 2.07. The SMILES string of the molecule is CCCOc1cc(N)cc(Oc2ccc(Cl)cc2)c1. The molecule has 0 aliphatic rings. The van der Waals surface area contributed by atoms with Crippen LogP contribution in [0.3, 0.4) is 0 Å². The molecule has 0 radical (unpaired) electrons. The summed E-state index contributed by atoms with van der Waals surface area (Å²) >= 11 is 5.83. The predicted molar refractivity (Wildman–Crippen MR) is 78.2 cm³/mol. The second kappa shape index (κ2) is 6.34. The van der Waals surface area contributed by atoms with E-state index < -0.39 is 0 Å². The quantitative estimate of drug-likeness (QED) is 0.818. The van der Waals surface area contributed by atoms with Gasteiger partial charge in [0.2, 0.25) is 0 Å². The van der Waals surface area contributed by atoms with Crippen LogP contribution in [-0.4, -0.2) is 6.61 Å². The van der Waals surface area contributed by atoms with Gasteiger partial charge >= 0.3 is 0 Å². The molecule has 0 bridgehead atoms. The molecule has 2 aromatic carbocycles. The highest BCUT2D eigenvalue weighted by Crippen LogP contribution is 2.29. The lowest BCUT2D eigenvalue weighted by molar-refractivity contribution is 0.316. The fourth-order valence-corrected chi connectivity index (χ4v) is 1.72. The first-order valence-corrected chi connectivity index (χ1v) is 6.52. The first-order valence-electron chi connectivity index (χ1n) is 6.14. The standard InChI is InChI=1S/C15H16ClNO2/c1-2-7-18-14-8-12(17)9-15(10-14)19-13-5-3-11(16)4-6-13/h3-6,8-10H,2,7,17H2,1H3. The number of anilines is 1. The highest BCUT2D eigenvalue weighted by molar-refractivity contribution is 6.30. The van der Waals surface area contributed by atoms with E-state index in [0.29, 0.717) is 34.6 Å². The Bertz CT molecular complexity index is 540. The summed E-state index contributed by atoms with van der Waals surface area (Å²) in [5.41, 5.74) is 6.44. The van der Waals surface area contributed by atoms with Crippen LogP contribution in [0.4, 0.5) is 5.69 Å². The Kier molecular flexibility index (Phi) is 4.53. The minimum Gasteiger partial charge on any atom is -0.493 e. The lowest BCUT2D eigenvalue weighted by Gasteiger charge is -2.10. The van der Waals surface area contributed by atoms with Crippen LogP contribution in [0.1, 0.15) is 13.3 Å². The van der Waals surface area contributed by atoms with Gasteiger partial charge in [-0.2, -0.15) is 0 Å². The first-order chi connectivity index (χ1) is 9.17. The number of hydrogen-bond donors (Lipinski definition) is 1. The number of nitrogen functional groups attached to an aromatic ring is 1. The van der Waals surface area contributed by atoms with E-state index >= 15 is 0 Å². The molecule has 3 nitrogen and oxygen atoms in total. The molecule has 100 valence electrons. The van der Waals surface area contributed by atoms with Gasteiger partial charge in [0.25, 0.3) is 0 Å². The summed E-state index contributed by atoms with van der Waals surface area (Å²) < 4.78 is 11.3. The maximum atomic E-state index is 5.83. The fraction of sp³-hybridized carbons (Fsp3) is 0.200. The van der Waals surface area contributed by atoms with Crippen molar-refractivity contribution >= 4 is 17.3 Å². The van der Waals surface area contributed by atoms with E-state index in [4.69, 9.17) is 26.8 Å². The smallest absolute Gasteiger partial charge is 0.133 e. The molecule has 0 unspecified atom stereocenters. The number of halogens is 1. The minimum absolute atomic E-state index is 0.609. The molecule has 0 atom stereocenters. The highest BCUT2D eigenvalue weighted by Gasteiger charge is 2.03. The molecule has 0 aliphatic carbocycles. The van der Waals surface area contributed by atoms with Crippen molar-refractivity contribution in [2.45, 2.75) is 13.3 Å². The Hall–Kier alpha value is -1.87. The number of ether oxygens (including phenoxy) is 2. The second-order valence-electron chi connectivity index (χ2n) is 4.14. The van der Waals surface area contributed by atoms with E-state index in [-0.39, 0.29) is 0 Å². The summed E-state index contributed by atoms with van der Waals surface area (Å²) in [6.45, 7) is 2.71. The monoisotopic (exact) mass is 277 g/mol. The topological polar surface area (TPSA) is 44.5 Å². The lowest BCUT2D eigenvalue weighted by atomic mass is 10.3. The Labute approximate surface area is 117 Å². The summed E-state index contributed by atoms with van der Waals surface area (Å²) in [5, 5.41) is 0.673. The van der Waals surface area contributed by atoms with Crippen molar-refractivity contribution in [3.8, 4) is 17.2 Å². The fourth-order valence-electron chi connectivity index (χ4n) is 1.59. The Morgan fingerprint density at radius 3 is 2.37 bits per heavy atom. The van der Waals surface area contributed by atoms with E-state index in [1.807, 2.05) is 6.07 Å². The van der Waals surface area contributed by atoms with Crippen molar-refractivity contribution in [1.82, 2.24) is 0 Å². The molecule has 19 heavy (non-hydrogen) atoms. The maximum absolute atomic E-state index is 5.83. The predicted octanol–water partition coefficient (Wildman–Crippen LogP) is 4.50. The molecule has 4 heteroatoms. The van der Waals surface area contributed by atoms with Gasteiger partial charge in [-0.3, -0.25) is 0 Å². The van der Waals surface area contributed by atoms with Crippen molar-refractivity contribution in [2.24, 2.45) is 0 Å². The Morgan fingerprint density at radius 2 is 1.68 bits per heavy atom. The number of nitrogens with two attached hydrogens (primary N) is 1. The van der Waals surface area contributed by atoms with Gasteiger partial charge in [0.05, 0.1) is 6.61 Å². The van der Waals surface area contributed by atoms with Crippen LogP contribution in [0.2, 0.25) is 5.02 Å². The molecular formula is C15H16ClNO2. The summed E-state index contributed by atoms with van der Waals surface area (Å²) in [6, 6.07) is 12.5. The van der Waals surface area contributed by atoms with Gasteiger partial charge in [-0.1, -0.05) is 18.5 Å². The van der Waals surface area contributed by atoms with E-state index in [2.05, 4.69) is 6.92 Å². The van der Waals surface area contributed by atoms with Crippen LogP contribution >= 0.6 is 11.6 Å². The molecule has 0 aromatic heterocycles. The highest BCUT2D eigenvalue weighted by atomic mass is 35.5. The van der Waals surface area contributed by atoms with E-state index in [1.54, 1.807) is 36.4 Å². The van der Waals surface area contributed by atoms with Crippen LogP contribution in [-0.2, 0) is 0 Å². The molecule has 0 aliphatic heterocycles. The zero-order valence-corrected chi connectivity index (χ0v) is 11.5. The Morgan fingerprint density at radius 1 is 1.00 bits per heavy atom. The van der Waals surface area contributed by atoms with Crippen LogP contribution in [0.15, 0.2) is 42.5 Å². The molecule has 0 fully saturated rings. The summed E-state index contributed by atoms with van der Waals surface area (Å²) in [7, 11) is 0. The van der Waals surface area contributed by atoms with Gasteiger partial charge in [0, 0.05) is 28.9 Å². The normalized spacial score (nSPS) is 10.2. The molecule has 0 saturated heterocycles. The molecule has 2 rings (SSSR count). The van der Waals surface area contributed by atoms with E-state index in [9.17, 15) is 0 Å². The molecule has 0 saturated carbocycles. The van der Waals surface area contributed by atoms with E-state index in [0.717, 1.165) is 6.42 Å². The van der Waals surface area contributed by atoms with Crippen molar-refractivity contribution in [3.63, 3.8) is 0 Å². The zero-order chi connectivity index (χ0) is 13.7. The molecule has 0 heterocycles. The van der Waals surface area contributed by atoms with Gasteiger partial charge in [-0.15, -0.1) is 0 Å². The van der Waals surface area contributed by atoms with Gasteiger partial charge in [0.1, 0.15) is 17.2 Å². The third-order valence-corrected chi connectivity index (χ3v) is 2.68. The van der Waals surface area contributed by atoms with Gasteiger partial charge in [-0.25, -0.2) is 0 Å².